The summed E-state index contributed by atoms with van der Waals surface area (Å²) in [5, 5.41) is 0. The number of amides is 1. The molecule has 2 aromatic rings. The molecule has 3 rings (SSSR count). The van der Waals surface area contributed by atoms with Gasteiger partial charge >= 0.3 is 10.1 Å². The molecule has 1 aliphatic heterocycles. The summed E-state index contributed by atoms with van der Waals surface area (Å²) in [7, 11) is -3.87. The topological polar surface area (TPSA) is 66.9 Å². The van der Waals surface area contributed by atoms with E-state index in [9.17, 15) is 13.2 Å². The number of nitrogens with zero attached hydrogens (tertiary/aromatic N) is 2. The van der Waals surface area contributed by atoms with Gasteiger partial charge in [-0.2, -0.15) is 8.42 Å². The number of carbonyl (C=O) groups excluding carboxylic acids is 1. The SMILES string of the molecule is CC(=O)N1CCN(c2ccc(OS(=O)(=O)c3ccc(C(C)C)cc3)cc2)CC1. The van der Waals surface area contributed by atoms with Gasteiger partial charge in [0, 0.05) is 38.8 Å². The fraction of sp³-hybridized carbons (Fsp3) is 0.381. The Morgan fingerprint density at radius 3 is 2.00 bits per heavy atom. The van der Waals surface area contributed by atoms with Crippen molar-refractivity contribution in [3.05, 3.63) is 54.1 Å². The highest BCUT2D eigenvalue weighted by Gasteiger charge is 2.20. The lowest BCUT2D eigenvalue weighted by molar-refractivity contribution is -0.129. The van der Waals surface area contributed by atoms with E-state index in [0.29, 0.717) is 19.0 Å². The Morgan fingerprint density at radius 2 is 1.50 bits per heavy atom. The van der Waals surface area contributed by atoms with Gasteiger partial charge in [0.2, 0.25) is 5.91 Å². The summed E-state index contributed by atoms with van der Waals surface area (Å²) < 4.78 is 30.3. The van der Waals surface area contributed by atoms with Crippen molar-refractivity contribution < 1.29 is 17.4 Å². The molecule has 0 aliphatic carbocycles. The molecule has 1 fully saturated rings. The van der Waals surface area contributed by atoms with Crippen molar-refractivity contribution in [2.24, 2.45) is 0 Å². The molecule has 0 aromatic heterocycles. The van der Waals surface area contributed by atoms with Gasteiger partial charge in [0.05, 0.1) is 0 Å². The molecule has 1 heterocycles. The number of hydrogen-bond donors (Lipinski definition) is 0. The minimum atomic E-state index is -3.87. The van der Waals surface area contributed by atoms with E-state index in [1.807, 2.05) is 29.2 Å². The van der Waals surface area contributed by atoms with E-state index in [4.69, 9.17) is 4.18 Å². The van der Waals surface area contributed by atoms with Crippen LogP contribution in [0.4, 0.5) is 5.69 Å². The van der Waals surface area contributed by atoms with Crippen molar-refractivity contribution in [3.8, 4) is 5.75 Å². The number of piperazine rings is 1. The second kappa shape index (κ2) is 8.22. The fourth-order valence-corrected chi connectivity index (χ4v) is 4.12. The first-order valence-corrected chi connectivity index (χ1v) is 10.8. The molecule has 1 amide bonds. The molecule has 0 radical (unpaired) electrons. The molecule has 0 atom stereocenters. The summed E-state index contributed by atoms with van der Waals surface area (Å²) in [6, 6.07) is 13.8. The van der Waals surface area contributed by atoms with E-state index >= 15 is 0 Å². The Morgan fingerprint density at radius 1 is 0.929 bits per heavy atom. The standard InChI is InChI=1S/C21H26N2O4S/c1-16(2)18-4-10-21(11-5-18)28(25,26)27-20-8-6-19(7-9-20)23-14-12-22(13-15-23)17(3)24/h4-11,16H,12-15H2,1-3H3. The smallest absolute Gasteiger partial charge is 0.339 e. The van der Waals surface area contributed by atoms with Crippen molar-refractivity contribution in [2.75, 3.05) is 31.1 Å². The quantitative estimate of drug-likeness (QED) is 0.718. The summed E-state index contributed by atoms with van der Waals surface area (Å²) in [6.07, 6.45) is 0. The van der Waals surface area contributed by atoms with E-state index in [-0.39, 0.29) is 16.6 Å². The highest BCUT2D eigenvalue weighted by atomic mass is 32.2. The first-order chi connectivity index (χ1) is 13.3. The zero-order valence-electron chi connectivity index (χ0n) is 16.5. The summed E-state index contributed by atoms with van der Waals surface area (Å²) in [5.41, 5.74) is 2.06. The molecule has 1 aliphatic rings. The van der Waals surface area contributed by atoms with Crippen LogP contribution in [0.25, 0.3) is 0 Å². The highest BCUT2D eigenvalue weighted by Crippen LogP contribution is 2.24. The molecule has 2 aromatic carbocycles. The average Bonchev–Trinajstić information content (AvgIpc) is 2.68. The van der Waals surface area contributed by atoms with E-state index in [2.05, 4.69) is 18.7 Å². The number of carbonyl (C=O) groups is 1. The van der Waals surface area contributed by atoms with Gasteiger partial charge in [-0.1, -0.05) is 26.0 Å². The van der Waals surface area contributed by atoms with Crippen molar-refractivity contribution in [3.63, 3.8) is 0 Å². The van der Waals surface area contributed by atoms with E-state index in [1.165, 1.54) is 0 Å². The lowest BCUT2D eigenvalue weighted by Crippen LogP contribution is -2.48. The molecule has 0 saturated carbocycles. The molecular formula is C21H26N2O4S. The third kappa shape index (κ3) is 4.65. The molecule has 0 N–H and O–H groups in total. The molecule has 0 unspecified atom stereocenters. The van der Waals surface area contributed by atoms with Gasteiger partial charge in [0.15, 0.2) is 0 Å². The predicted octanol–water partition coefficient (Wildman–Crippen LogP) is 3.25. The maximum absolute atomic E-state index is 12.5. The summed E-state index contributed by atoms with van der Waals surface area (Å²) in [4.78, 5) is 15.6. The van der Waals surface area contributed by atoms with Gasteiger partial charge in [-0.25, -0.2) is 0 Å². The average molecular weight is 403 g/mol. The van der Waals surface area contributed by atoms with Crippen LogP contribution in [-0.4, -0.2) is 45.4 Å². The Labute approximate surface area is 166 Å². The normalized spacial score (nSPS) is 15.0. The van der Waals surface area contributed by atoms with E-state index in [0.717, 1.165) is 24.3 Å². The van der Waals surface area contributed by atoms with Crippen LogP contribution >= 0.6 is 0 Å². The fourth-order valence-electron chi connectivity index (χ4n) is 3.19. The van der Waals surface area contributed by atoms with Crippen LogP contribution in [0.5, 0.6) is 5.75 Å². The Kier molecular flexibility index (Phi) is 5.93. The highest BCUT2D eigenvalue weighted by molar-refractivity contribution is 7.87. The van der Waals surface area contributed by atoms with Crippen LogP contribution < -0.4 is 9.08 Å². The summed E-state index contributed by atoms with van der Waals surface area (Å²) >= 11 is 0. The third-order valence-corrected chi connectivity index (χ3v) is 6.23. The number of benzene rings is 2. The molecule has 150 valence electrons. The second-order valence-electron chi connectivity index (χ2n) is 7.25. The molecular weight excluding hydrogens is 376 g/mol. The van der Waals surface area contributed by atoms with Crippen molar-refractivity contribution in [1.29, 1.82) is 0 Å². The maximum atomic E-state index is 12.5. The lowest BCUT2D eigenvalue weighted by atomic mass is 10.0. The zero-order valence-corrected chi connectivity index (χ0v) is 17.3. The molecule has 1 saturated heterocycles. The van der Waals surface area contributed by atoms with Crippen LogP contribution in [0.3, 0.4) is 0 Å². The molecule has 0 bridgehead atoms. The minimum Gasteiger partial charge on any atom is -0.379 e. The first-order valence-electron chi connectivity index (χ1n) is 9.41. The lowest BCUT2D eigenvalue weighted by Gasteiger charge is -2.35. The summed E-state index contributed by atoms with van der Waals surface area (Å²) in [6.45, 7) is 8.57. The van der Waals surface area contributed by atoms with Crippen LogP contribution in [0.1, 0.15) is 32.3 Å². The van der Waals surface area contributed by atoms with Crippen LogP contribution in [0, 0.1) is 0 Å². The Bertz CT molecular complexity index is 914. The predicted molar refractivity (Wildman–Crippen MR) is 109 cm³/mol. The molecule has 6 nitrogen and oxygen atoms in total. The van der Waals surface area contributed by atoms with Crippen LogP contribution in [-0.2, 0) is 14.9 Å². The van der Waals surface area contributed by atoms with Gasteiger partial charge in [-0.05, 0) is 47.9 Å². The van der Waals surface area contributed by atoms with E-state index < -0.39 is 10.1 Å². The van der Waals surface area contributed by atoms with Gasteiger partial charge in [0.25, 0.3) is 0 Å². The molecule has 28 heavy (non-hydrogen) atoms. The van der Waals surface area contributed by atoms with Gasteiger partial charge < -0.3 is 14.0 Å². The maximum Gasteiger partial charge on any atom is 0.339 e. The van der Waals surface area contributed by atoms with Crippen LogP contribution in [0.15, 0.2) is 53.4 Å². The Hall–Kier alpha value is -2.54. The Balaban J connectivity index is 1.66. The summed E-state index contributed by atoms with van der Waals surface area (Å²) in [5.74, 6) is 0.705. The monoisotopic (exact) mass is 402 g/mol. The van der Waals surface area contributed by atoms with Gasteiger partial charge in [-0.15, -0.1) is 0 Å². The third-order valence-electron chi connectivity index (χ3n) is 4.97. The van der Waals surface area contributed by atoms with E-state index in [1.54, 1.807) is 31.2 Å². The van der Waals surface area contributed by atoms with Gasteiger partial charge in [0.1, 0.15) is 10.6 Å². The zero-order chi connectivity index (χ0) is 20.3. The van der Waals surface area contributed by atoms with Crippen molar-refractivity contribution in [2.45, 2.75) is 31.6 Å². The van der Waals surface area contributed by atoms with Crippen LogP contribution in [0.2, 0.25) is 0 Å². The first kappa shape index (κ1) is 20.2. The molecule has 7 heteroatoms. The second-order valence-corrected chi connectivity index (χ2v) is 8.79. The van der Waals surface area contributed by atoms with Gasteiger partial charge in [-0.3, -0.25) is 4.79 Å². The number of rotatable bonds is 5. The largest absolute Gasteiger partial charge is 0.379 e. The van der Waals surface area contributed by atoms with Crippen molar-refractivity contribution in [1.82, 2.24) is 4.90 Å². The number of hydrogen-bond acceptors (Lipinski definition) is 5. The molecule has 0 spiro atoms. The number of anilines is 1. The van der Waals surface area contributed by atoms with Crippen molar-refractivity contribution >= 4 is 21.7 Å². The minimum absolute atomic E-state index is 0.0926.